The standard InChI is InChI=1S/C12H25NO/c1-11(2,3)9-6-10(8-13-7-9)12(4,5)14/h9-10,13-14H,6-8H2,1-5H3. The first-order chi connectivity index (χ1) is 6.21. The van der Waals surface area contributed by atoms with Crippen molar-refractivity contribution in [3.8, 4) is 0 Å². The fraction of sp³-hybridized carbons (Fsp3) is 1.00. The molecule has 1 rings (SSSR count). The first-order valence-electron chi connectivity index (χ1n) is 5.64. The summed E-state index contributed by atoms with van der Waals surface area (Å²) < 4.78 is 0. The molecular formula is C12H25NO. The van der Waals surface area contributed by atoms with Crippen molar-refractivity contribution in [2.24, 2.45) is 17.3 Å². The molecule has 1 heterocycles. The molecule has 1 aliphatic rings. The number of nitrogens with one attached hydrogen (secondary N) is 1. The maximum absolute atomic E-state index is 9.99. The van der Waals surface area contributed by atoms with E-state index in [4.69, 9.17) is 0 Å². The predicted octanol–water partition coefficient (Wildman–Crippen LogP) is 2.03. The summed E-state index contributed by atoms with van der Waals surface area (Å²) in [6.45, 7) is 12.7. The zero-order valence-electron chi connectivity index (χ0n) is 10.2. The lowest BCUT2D eigenvalue weighted by atomic mass is 9.71. The van der Waals surface area contributed by atoms with Gasteiger partial charge in [-0.1, -0.05) is 20.8 Å². The average molecular weight is 199 g/mol. The third kappa shape index (κ3) is 2.96. The molecule has 2 atom stereocenters. The van der Waals surface area contributed by atoms with E-state index >= 15 is 0 Å². The third-order valence-electron chi connectivity index (χ3n) is 3.57. The van der Waals surface area contributed by atoms with Gasteiger partial charge < -0.3 is 10.4 Å². The summed E-state index contributed by atoms with van der Waals surface area (Å²) in [4.78, 5) is 0. The Morgan fingerprint density at radius 2 is 1.50 bits per heavy atom. The Kier molecular flexibility index (Phi) is 3.27. The average Bonchev–Trinajstić information content (AvgIpc) is 2.01. The van der Waals surface area contributed by atoms with Gasteiger partial charge in [-0.3, -0.25) is 0 Å². The molecule has 0 amide bonds. The van der Waals surface area contributed by atoms with Crippen molar-refractivity contribution < 1.29 is 5.11 Å². The molecule has 0 aromatic heterocycles. The molecule has 14 heavy (non-hydrogen) atoms. The molecule has 0 bridgehead atoms. The van der Waals surface area contributed by atoms with Gasteiger partial charge in [0.05, 0.1) is 5.60 Å². The lowest BCUT2D eigenvalue weighted by Crippen LogP contribution is -2.48. The second-order valence-electron chi connectivity index (χ2n) is 6.31. The highest BCUT2D eigenvalue weighted by Crippen LogP contribution is 2.36. The largest absolute Gasteiger partial charge is 0.390 e. The molecule has 1 saturated heterocycles. The summed E-state index contributed by atoms with van der Waals surface area (Å²) >= 11 is 0. The van der Waals surface area contributed by atoms with E-state index in [0.29, 0.717) is 17.3 Å². The van der Waals surface area contributed by atoms with Crippen LogP contribution < -0.4 is 5.32 Å². The van der Waals surface area contributed by atoms with E-state index in [-0.39, 0.29) is 0 Å². The summed E-state index contributed by atoms with van der Waals surface area (Å²) in [5.41, 5.74) is -0.201. The fourth-order valence-electron chi connectivity index (χ4n) is 2.14. The van der Waals surface area contributed by atoms with Crippen LogP contribution in [0.3, 0.4) is 0 Å². The lowest BCUT2D eigenvalue weighted by Gasteiger charge is -2.42. The minimum Gasteiger partial charge on any atom is -0.390 e. The quantitative estimate of drug-likeness (QED) is 0.677. The normalized spacial score (nSPS) is 30.4. The van der Waals surface area contributed by atoms with Gasteiger partial charge >= 0.3 is 0 Å². The van der Waals surface area contributed by atoms with Crippen molar-refractivity contribution >= 4 is 0 Å². The topological polar surface area (TPSA) is 32.3 Å². The van der Waals surface area contributed by atoms with Crippen LogP contribution in [0.4, 0.5) is 0 Å². The second-order valence-corrected chi connectivity index (χ2v) is 6.31. The molecule has 2 heteroatoms. The van der Waals surface area contributed by atoms with Crippen LogP contribution >= 0.6 is 0 Å². The van der Waals surface area contributed by atoms with Crippen LogP contribution in [0.15, 0.2) is 0 Å². The SMILES string of the molecule is CC(C)(C)C1CNCC(C(C)(C)O)C1. The van der Waals surface area contributed by atoms with Crippen LogP contribution in [0.1, 0.15) is 41.0 Å². The molecule has 0 aromatic carbocycles. The van der Waals surface area contributed by atoms with Gasteiger partial charge in [-0.05, 0) is 44.1 Å². The molecule has 0 saturated carbocycles. The number of hydrogen-bond acceptors (Lipinski definition) is 2. The minimum atomic E-state index is -0.545. The summed E-state index contributed by atoms with van der Waals surface area (Å²) in [5, 5.41) is 13.4. The van der Waals surface area contributed by atoms with Crippen LogP contribution in [-0.2, 0) is 0 Å². The van der Waals surface area contributed by atoms with Gasteiger partial charge in [-0.2, -0.15) is 0 Å². The maximum atomic E-state index is 9.99. The molecule has 0 spiro atoms. The van der Waals surface area contributed by atoms with Gasteiger partial charge in [-0.15, -0.1) is 0 Å². The monoisotopic (exact) mass is 199 g/mol. The van der Waals surface area contributed by atoms with Gasteiger partial charge in [0.15, 0.2) is 0 Å². The van der Waals surface area contributed by atoms with E-state index in [0.717, 1.165) is 19.5 Å². The summed E-state index contributed by atoms with van der Waals surface area (Å²) in [5.74, 6) is 1.06. The number of rotatable bonds is 1. The van der Waals surface area contributed by atoms with Gasteiger partial charge in [0.1, 0.15) is 0 Å². The van der Waals surface area contributed by atoms with Gasteiger partial charge in [0.2, 0.25) is 0 Å². The molecule has 1 fully saturated rings. The van der Waals surface area contributed by atoms with Crippen LogP contribution in [0.2, 0.25) is 0 Å². The van der Waals surface area contributed by atoms with E-state index in [1.165, 1.54) is 0 Å². The van der Waals surface area contributed by atoms with Crippen LogP contribution in [-0.4, -0.2) is 23.8 Å². The highest BCUT2D eigenvalue weighted by atomic mass is 16.3. The van der Waals surface area contributed by atoms with Crippen molar-refractivity contribution in [1.82, 2.24) is 5.32 Å². The smallest absolute Gasteiger partial charge is 0.0632 e. The van der Waals surface area contributed by atoms with Crippen molar-refractivity contribution in [2.75, 3.05) is 13.1 Å². The molecule has 1 aliphatic heterocycles. The summed E-state index contributed by atoms with van der Waals surface area (Å²) in [7, 11) is 0. The summed E-state index contributed by atoms with van der Waals surface area (Å²) in [6, 6.07) is 0. The third-order valence-corrected chi connectivity index (χ3v) is 3.57. The zero-order valence-corrected chi connectivity index (χ0v) is 10.2. The van der Waals surface area contributed by atoms with E-state index in [1.54, 1.807) is 0 Å². The summed E-state index contributed by atoms with van der Waals surface area (Å²) in [6.07, 6.45) is 1.14. The Hall–Kier alpha value is -0.0800. The molecule has 0 aliphatic carbocycles. The van der Waals surface area contributed by atoms with Crippen LogP contribution in [0, 0.1) is 17.3 Å². The highest BCUT2D eigenvalue weighted by molar-refractivity contribution is 4.89. The van der Waals surface area contributed by atoms with Crippen molar-refractivity contribution in [3.63, 3.8) is 0 Å². The molecule has 2 unspecified atom stereocenters. The Bertz CT molecular complexity index is 167. The van der Waals surface area contributed by atoms with Crippen molar-refractivity contribution in [2.45, 2.75) is 46.6 Å². The van der Waals surface area contributed by atoms with Crippen LogP contribution in [0.5, 0.6) is 0 Å². The predicted molar refractivity (Wildman–Crippen MR) is 60.2 cm³/mol. The second kappa shape index (κ2) is 3.82. The molecule has 0 radical (unpaired) electrons. The Morgan fingerprint density at radius 3 is 1.93 bits per heavy atom. The fourth-order valence-corrected chi connectivity index (χ4v) is 2.14. The van der Waals surface area contributed by atoms with E-state index in [9.17, 15) is 5.11 Å². The molecule has 2 nitrogen and oxygen atoms in total. The van der Waals surface area contributed by atoms with Crippen molar-refractivity contribution in [3.05, 3.63) is 0 Å². The lowest BCUT2D eigenvalue weighted by molar-refractivity contribution is -0.0148. The van der Waals surface area contributed by atoms with Crippen molar-refractivity contribution in [1.29, 1.82) is 0 Å². The van der Waals surface area contributed by atoms with Gasteiger partial charge in [0.25, 0.3) is 0 Å². The Morgan fingerprint density at radius 1 is 1.00 bits per heavy atom. The highest BCUT2D eigenvalue weighted by Gasteiger charge is 2.36. The van der Waals surface area contributed by atoms with Crippen LogP contribution in [0.25, 0.3) is 0 Å². The number of piperidine rings is 1. The van der Waals surface area contributed by atoms with E-state index in [2.05, 4.69) is 26.1 Å². The van der Waals surface area contributed by atoms with Gasteiger partial charge in [0, 0.05) is 6.54 Å². The molecule has 2 N–H and O–H groups in total. The molecule has 0 aromatic rings. The van der Waals surface area contributed by atoms with E-state index < -0.39 is 5.60 Å². The maximum Gasteiger partial charge on any atom is 0.0632 e. The minimum absolute atomic E-state index is 0.344. The first-order valence-corrected chi connectivity index (χ1v) is 5.64. The van der Waals surface area contributed by atoms with E-state index in [1.807, 2.05) is 13.8 Å². The first kappa shape index (κ1) is 12.0. The number of aliphatic hydroxyl groups is 1. The zero-order chi connectivity index (χ0) is 11.0. The Balaban J connectivity index is 2.61. The molecular weight excluding hydrogens is 174 g/mol. The Labute approximate surface area is 88.1 Å². The number of hydrogen-bond donors (Lipinski definition) is 2. The van der Waals surface area contributed by atoms with Gasteiger partial charge in [-0.25, -0.2) is 0 Å². The molecule has 84 valence electrons.